The molecule has 0 aromatic heterocycles. The lowest BCUT2D eigenvalue weighted by atomic mass is 9.70. The second-order valence-electron chi connectivity index (χ2n) is 6.17. The van der Waals surface area contributed by atoms with E-state index in [-0.39, 0.29) is 6.10 Å². The summed E-state index contributed by atoms with van der Waals surface area (Å²) in [6.07, 6.45) is 3.95. The Morgan fingerprint density at radius 1 is 1.21 bits per heavy atom. The first kappa shape index (κ1) is 10.4. The molecule has 1 saturated heterocycles. The molecular formula is C12H23NO. The maximum atomic E-state index is 9.30. The second kappa shape index (κ2) is 3.49. The third kappa shape index (κ3) is 2.12. The molecule has 1 heterocycles. The van der Waals surface area contributed by atoms with E-state index >= 15 is 0 Å². The molecule has 0 amide bonds. The standard InChI is InChI=1S/C12H23NO/c1-9-4-10(6-12(2,3)5-9)13-7-11(14)8-13/h9-11,14H,4-8H2,1-3H3. The van der Waals surface area contributed by atoms with Crippen molar-refractivity contribution in [3.63, 3.8) is 0 Å². The smallest absolute Gasteiger partial charge is 0.0794 e. The highest BCUT2D eigenvalue weighted by atomic mass is 16.3. The van der Waals surface area contributed by atoms with Crippen LogP contribution < -0.4 is 0 Å². The van der Waals surface area contributed by atoms with Gasteiger partial charge in [0.2, 0.25) is 0 Å². The zero-order valence-electron chi connectivity index (χ0n) is 9.66. The number of β-amino-alcohol motifs (C(OH)–C–C–N with tert-alkyl or cyclic N) is 1. The fourth-order valence-corrected chi connectivity index (χ4v) is 3.36. The zero-order valence-corrected chi connectivity index (χ0v) is 9.66. The molecule has 2 heteroatoms. The Kier molecular flexibility index (Phi) is 2.61. The van der Waals surface area contributed by atoms with E-state index in [1.54, 1.807) is 0 Å². The van der Waals surface area contributed by atoms with Crippen molar-refractivity contribution in [1.82, 2.24) is 4.90 Å². The lowest BCUT2D eigenvalue weighted by molar-refractivity contribution is -0.0532. The topological polar surface area (TPSA) is 23.5 Å². The van der Waals surface area contributed by atoms with Gasteiger partial charge in [-0.05, 0) is 30.6 Å². The van der Waals surface area contributed by atoms with Crippen LogP contribution in [0.25, 0.3) is 0 Å². The van der Waals surface area contributed by atoms with Gasteiger partial charge in [0.15, 0.2) is 0 Å². The molecule has 1 aliphatic heterocycles. The monoisotopic (exact) mass is 197 g/mol. The summed E-state index contributed by atoms with van der Waals surface area (Å²) < 4.78 is 0. The molecule has 1 saturated carbocycles. The maximum Gasteiger partial charge on any atom is 0.0794 e. The van der Waals surface area contributed by atoms with E-state index in [4.69, 9.17) is 0 Å². The summed E-state index contributed by atoms with van der Waals surface area (Å²) in [7, 11) is 0. The summed E-state index contributed by atoms with van der Waals surface area (Å²) >= 11 is 0. The van der Waals surface area contributed by atoms with Gasteiger partial charge in [-0.15, -0.1) is 0 Å². The van der Waals surface area contributed by atoms with E-state index in [9.17, 15) is 5.11 Å². The molecule has 1 aliphatic carbocycles. The van der Waals surface area contributed by atoms with Crippen LogP contribution in [0, 0.1) is 11.3 Å². The fourth-order valence-electron chi connectivity index (χ4n) is 3.36. The first-order valence-electron chi connectivity index (χ1n) is 5.88. The lowest BCUT2D eigenvalue weighted by Crippen LogP contribution is -2.57. The number of hydrogen-bond acceptors (Lipinski definition) is 2. The van der Waals surface area contributed by atoms with Crippen molar-refractivity contribution in [3.8, 4) is 0 Å². The van der Waals surface area contributed by atoms with Gasteiger partial charge in [0, 0.05) is 19.1 Å². The highest BCUT2D eigenvalue weighted by Crippen LogP contribution is 2.41. The minimum Gasteiger partial charge on any atom is -0.390 e. The number of nitrogens with zero attached hydrogens (tertiary/aromatic N) is 1. The van der Waals surface area contributed by atoms with Crippen molar-refractivity contribution in [3.05, 3.63) is 0 Å². The molecule has 14 heavy (non-hydrogen) atoms. The quantitative estimate of drug-likeness (QED) is 0.694. The average molecular weight is 197 g/mol. The lowest BCUT2D eigenvalue weighted by Gasteiger charge is -2.49. The number of aliphatic hydroxyl groups excluding tert-OH is 1. The number of aliphatic hydroxyl groups is 1. The Labute approximate surface area is 87.3 Å². The normalized spacial score (nSPS) is 39.4. The van der Waals surface area contributed by atoms with Crippen molar-refractivity contribution >= 4 is 0 Å². The number of rotatable bonds is 1. The van der Waals surface area contributed by atoms with Crippen molar-refractivity contribution in [2.75, 3.05) is 13.1 Å². The van der Waals surface area contributed by atoms with E-state index < -0.39 is 0 Å². The van der Waals surface area contributed by atoms with E-state index in [0.29, 0.717) is 5.41 Å². The van der Waals surface area contributed by atoms with Crippen LogP contribution in [0.3, 0.4) is 0 Å². The van der Waals surface area contributed by atoms with Gasteiger partial charge < -0.3 is 5.11 Å². The SMILES string of the molecule is CC1CC(N2CC(O)C2)CC(C)(C)C1. The molecule has 1 N–H and O–H groups in total. The van der Waals surface area contributed by atoms with Gasteiger partial charge in [-0.2, -0.15) is 0 Å². The molecule has 2 nitrogen and oxygen atoms in total. The molecule has 2 fully saturated rings. The van der Waals surface area contributed by atoms with Crippen LogP contribution in [0.4, 0.5) is 0 Å². The van der Waals surface area contributed by atoms with Crippen molar-refractivity contribution in [1.29, 1.82) is 0 Å². The summed E-state index contributed by atoms with van der Waals surface area (Å²) in [5.41, 5.74) is 0.503. The summed E-state index contributed by atoms with van der Waals surface area (Å²) in [4.78, 5) is 2.46. The van der Waals surface area contributed by atoms with Crippen LogP contribution >= 0.6 is 0 Å². The first-order valence-corrected chi connectivity index (χ1v) is 5.88. The highest BCUT2D eigenvalue weighted by Gasteiger charge is 2.38. The Morgan fingerprint density at radius 2 is 1.86 bits per heavy atom. The molecule has 2 aliphatic rings. The molecule has 2 unspecified atom stereocenters. The van der Waals surface area contributed by atoms with E-state index in [1.165, 1.54) is 19.3 Å². The second-order valence-corrected chi connectivity index (χ2v) is 6.17. The van der Waals surface area contributed by atoms with Gasteiger partial charge in [-0.1, -0.05) is 20.8 Å². The van der Waals surface area contributed by atoms with Gasteiger partial charge in [0.1, 0.15) is 0 Å². The summed E-state index contributed by atoms with van der Waals surface area (Å²) in [6, 6.07) is 0.733. The number of hydrogen-bond donors (Lipinski definition) is 1. The molecule has 0 aromatic rings. The predicted molar refractivity (Wildman–Crippen MR) is 58.2 cm³/mol. The third-order valence-electron chi connectivity index (χ3n) is 3.77. The van der Waals surface area contributed by atoms with Crippen LogP contribution in [0.2, 0.25) is 0 Å². The van der Waals surface area contributed by atoms with Gasteiger partial charge in [0.05, 0.1) is 6.10 Å². The molecule has 82 valence electrons. The molecule has 0 aromatic carbocycles. The van der Waals surface area contributed by atoms with Crippen LogP contribution in [-0.2, 0) is 0 Å². The van der Waals surface area contributed by atoms with Crippen molar-refractivity contribution in [2.24, 2.45) is 11.3 Å². The molecular weight excluding hydrogens is 174 g/mol. The highest BCUT2D eigenvalue weighted by molar-refractivity contribution is 4.92. The Balaban J connectivity index is 1.93. The van der Waals surface area contributed by atoms with Crippen LogP contribution in [0.15, 0.2) is 0 Å². The van der Waals surface area contributed by atoms with Gasteiger partial charge in [-0.25, -0.2) is 0 Å². The minimum absolute atomic E-state index is 0.0460. The van der Waals surface area contributed by atoms with E-state index in [0.717, 1.165) is 25.0 Å². The van der Waals surface area contributed by atoms with Crippen molar-refractivity contribution < 1.29 is 5.11 Å². The Hall–Kier alpha value is -0.0800. The molecule has 2 rings (SSSR count). The first-order chi connectivity index (χ1) is 6.46. The number of likely N-dealkylation sites (tertiary alicyclic amines) is 1. The van der Waals surface area contributed by atoms with E-state index in [2.05, 4.69) is 25.7 Å². The van der Waals surface area contributed by atoms with Gasteiger partial charge >= 0.3 is 0 Å². The molecule has 0 bridgehead atoms. The molecule has 2 atom stereocenters. The van der Waals surface area contributed by atoms with Crippen LogP contribution in [0.5, 0.6) is 0 Å². The van der Waals surface area contributed by atoms with Gasteiger partial charge in [0.25, 0.3) is 0 Å². The third-order valence-corrected chi connectivity index (χ3v) is 3.77. The average Bonchev–Trinajstić information content (AvgIpc) is 1.94. The van der Waals surface area contributed by atoms with E-state index in [1.807, 2.05) is 0 Å². The maximum absolute atomic E-state index is 9.30. The molecule has 0 radical (unpaired) electrons. The van der Waals surface area contributed by atoms with Crippen LogP contribution in [0.1, 0.15) is 40.0 Å². The largest absolute Gasteiger partial charge is 0.390 e. The summed E-state index contributed by atoms with van der Waals surface area (Å²) in [5, 5.41) is 9.30. The molecule has 0 spiro atoms. The Morgan fingerprint density at radius 3 is 2.36 bits per heavy atom. The van der Waals surface area contributed by atoms with Gasteiger partial charge in [-0.3, -0.25) is 4.90 Å². The zero-order chi connectivity index (χ0) is 10.3. The minimum atomic E-state index is -0.0460. The Bertz CT molecular complexity index is 208. The van der Waals surface area contributed by atoms with Crippen molar-refractivity contribution in [2.45, 2.75) is 52.2 Å². The fraction of sp³-hybridized carbons (Fsp3) is 1.00. The van der Waals surface area contributed by atoms with Crippen LogP contribution in [-0.4, -0.2) is 35.2 Å². The summed E-state index contributed by atoms with van der Waals surface area (Å²) in [6.45, 7) is 8.95. The predicted octanol–water partition coefficient (Wildman–Crippen LogP) is 1.88. The summed E-state index contributed by atoms with van der Waals surface area (Å²) in [5.74, 6) is 0.849.